The summed E-state index contributed by atoms with van der Waals surface area (Å²) in [5.41, 5.74) is 2.55. The number of ether oxygens (including phenoxy) is 1. The minimum Gasteiger partial charge on any atom is -0.464 e. The number of carbonyl (C=O) groups excluding carboxylic acids is 1. The highest BCUT2D eigenvalue weighted by molar-refractivity contribution is 9.10. The summed E-state index contributed by atoms with van der Waals surface area (Å²) in [5, 5.41) is 0. The minimum atomic E-state index is -0.297. The lowest BCUT2D eigenvalue weighted by Crippen LogP contribution is -2.09. The van der Waals surface area contributed by atoms with E-state index >= 15 is 0 Å². The van der Waals surface area contributed by atoms with Gasteiger partial charge in [-0.25, -0.2) is 4.79 Å². The Morgan fingerprint density at radius 1 is 1.46 bits per heavy atom. The topological polar surface area (TPSA) is 31.2 Å². The maximum absolute atomic E-state index is 11.4. The van der Waals surface area contributed by atoms with Crippen LogP contribution in [0.3, 0.4) is 0 Å². The van der Waals surface area contributed by atoms with Crippen LogP contribution in [0.25, 0.3) is 0 Å². The molecular weight excluding hydrogens is 234 g/mol. The highest BCUT2D eigenvalue weighted by Gasteiger charge is 2.19. The largest absolute Gasteiger partial charge is 0.464 e. The number of esters is 1. The molecule has 4 heteroatoms. The zero-order chi connectivity index (χ0) is 10.2. The van der Waals surface area contributed by atoms with E-state index in [0.29, 0.717) is 5.69 Å². The van der Waals surface area contributed by atoms with E-state index in [-0.39, 0.29) is 5.97 Å². The van der Waals surface area contributed by atoms with Crippen LogP contribution in [-0.4, -0.2) is 17.6 Å². The van der Waals surface area contributed by atoms with Gasteiger partial charge in [-0.1, -0.05) is 0 Å². The zero-order valence-corrected chi connectivity index (χ0v) is 9.73. The average molecular weight is 246 g/mol. The number of rotatable bonds is 1. The fourth-order valence-electron chi connectivity index (χ4n) is 1.33. The van der Waals surface area contributed by atoms with Gasteiger partial charge in [-0.05, 0) is 35.3 Å². The lowest BCUT2D eigenvalue weighted by molar-refractivity contribution is 0.0589. The molecule has 0 fully saturated rings. The Kier molecular flexibility index (Phi) is 2.81. The SMILES string of the molecule is COC(=O)c1c(C)c(Br)c(C)n1C. The van der Waals surface area contributed by atoms with Crippen LogP contribution >= 0.6 is 15.9 Å². The van der Waals surface area contributed by atoms with Crippen molar-refractivity contribution in [3.05, 3.63) is 21.4 Å². The van der Waals surface area contributed by atoms with E-state index in [1.54, 1.807) is 0 Å². The molecule has 0 aliphatic carbocycles. The van der Waals surface area contributed by atoms with Gasteiger partial charge < -0.3 is 9.30 Å². The van der Waals surface area contributed by atoms with E-state index in [2.05, 4.69) is 20.7 Å². The lowest BCUT2D eigenvalue weighted by atomic mass is 10.2. The Bertz CT molecular complexity index is 329. The number of nitrogens with zero attached hydrogens (tertiary/aromatic N) is 1. The molecule has 0 aliphatic rings. The molecule has 0 saturated carbocycles. The fourth-order valence-corrected chi connectivity index (χ4v) is 1.78. The van der Waals surface area contributed by atoms with Crippen LogP contribution in [0.15, 0.2) is 4.47 Å². The van der Waals surface area contributed by atoms with Crippen LogP contribution in [0.1, 0.15) is 21.7 Å². The standard InChI is InChI=1S/C9H12BrNO2/c1-5-7(10)6(2)11(3)8(5)9(12)13-4/h1-4H3. The first-order valence-electron chi connectivity index (χ1n) is 3.90. The highest BCUT2D eigenvalue weighted by atomic mass is 79.9. The molecule has 0 radical (unpaired) electrons. The fraction of sp³-hybridized carbons (Fsp3) is 0.444. The summed E-state index contributed by atoms with van der Waals surface area (Å²) in [7, 11) is 3.23. The molecule has 0 unspecified atom stereocenters. The third-order valence-corrected chi connectivity index (χ3v) is 3.39. The summed E-state index contributed by atoms with van der Waals surface area (Å²) in [6.07, 6.45) is 0. The molecule has 0 saturated heterocycles. The minimum absolute atomic E-state index is 0.297. The summed E-state index contributed by atoms with van der Waals surface area (Å²) >= 11 is 3.42. The van der Waals surface area contributed by atoms with Crippen molar-refractivity contribution in [1.29, 1.82) is 0 Å². The van der Waals surface area contributed by atoms with Gasteiger partial charge >= 0.3 is 5.97 Å². The van der Waals surface area contributed by atoms with Crippen molar-refractivity contribution < 1.29 is 9.53 Å². The summed E-state index contributed by atoms with van der Waals surface area (Å²) in [5.74, 6) is -0.297. The van der Waals surface area contributed by atoms with Gasteiger partial charge in [-0.2, -0.15) is 0 Å². The first kappa shape index (κ1) is 10.3. The van der Waals surface area contributed by atoms with Crippen molar-refractivity contribution in [2.45, 2.75) is 13.8 Å². The maximum Gasteiger partial charge on any atom is 0.354 e. The van der Waals surface area contributed by atoms with Gasteiger partial charge in [0.15, 0.2) is 0 Å². The number of aromatic nitrogens is 1. The van der Waals surface area contributed by atoms with Gasteiger partial charge in [-0.15, -0.1) is 0 Å². The van der Waals surface area contributed by atoms with Crippen molar-refractivity contribution in [3.63, 3.8) is 0 Å². The van der Waals surface area contributed by atoms with Crippen molar-refractivity contribution in [1.82, 2.24) is 4.57 Å². The average Bonchev–Trinajstić information content (AvgIpc) is 2.30. The van der Waals surface area contributed by atoms with E-state index in [9.17, 15) is 4.79 Å². The molecule has 0 aliphatic heterocycles. The zero-order valence-electron chi connectivity index (χ0n) is 8.14. The van der Waals surface area contributed by atoms with Crippen molar-refractivity contribution >= 4 is 21.9 Å². The quantitative estimate of drug-likeness (QED) is 0.711. The second-order valence-corrected chi connectivity index (χ2v) is 3.72. The van der Waals surface area contributed by atoms with E-state index < -0.39 is 0 Å². The van der Waals surface area contributed by atoms with Crippen LogP contribution in [-0.2, 0) is 11.8 Å². The summed E-state index contributed by atoms with van der Waals surface area (Å²) in [4.78, 5) is 11.4. The number of carbonyl (C=O) groups is 1. The molecule has 0 aromatic carbocycles. The molecule has 72 valence electrons. The molecule has 0 atom stereocenters. The number of halogens is 1. The maximum atomic E-state index is 11.4. The third kappa shape index (κ3) is 1.50. The Labute approximate surface area is 85.8 Å². The monoisotopic (exact) mass is 245 g/mol. The Morgan fingerprint density at radius 2 is 2.00 bits per heavy atom. The van der Waals surface area contributed by atoms with E-state index in [0.717, 1.165) is 15.7 Å². The van der Waals surface area contributed by atoms with Gasteiger partial charge in [0.1, 0.15) is 5.69 Å². The van der Waals surface area contributed by atoms with Crippen LogP contribution in [0.5, 0.6) is 0 Å². The summed E-state index contributed by atoms with van der Waals surface area (Å²) in [6, 6.07) is 0. The number of hydrogen-bond donors (Lipinski definition) is 0. The molecule has 13 heavy (non-hydrogen) atoms. The van der Waals surface area contributed by atoms with Crippen molar-refractivity contribution in [2.24, 2.45) is 7.05 Å². The molecule has 3 nitrogen and oxygen atoms in total. The molecule has 1 aromatic heterocycles. The number of hydrogen-bond acceptors (Lipinski definition) is 2. The van der Waals surface area contributed by atoms with Gasteiger partial charge in [0, 0.05) is 17.2 Å². The predicted octanol–water partition coefficient (Wildman–Crippen LogP) is 2.19. The normalized spacial score (nSPS) is 10.2. The van der Waals surface area contributed by atoms with E-state index in [4.69, 9.17) is 0 Å². The lowest BCUT2D eigenvalue weighted by Gasteiger charge is -2.02. The van der Waals surface area contributed by atoms with Crippen LogP contribution in [0.4, 0.5) is 0 Å². The first-order chi connectivity index (χ1) is 6.00. The molecule has 0 amide bonds. The second kappa shape index (κ2) is 3.54. The van der Waals surface area contributed by atoms with Crippen LogP contribution < -0.4 is 0 Å². The van der Waals surface area contributed by atoms with Crippen LogP contribution in [0.2, 0.25) is 0 Å². The number of methoxy groups -OCH3 is 1. The summed E-state index contributed by atoms with van der Waals surface area (Å²) < 4.78 is 7.48. The third-order valence-electron chi connectivity index (χ3n) is 2.22. The Hall–Kier alpha value is -0.770. The second-order valence-electron chi connectivity index (χ2n) is 2.92. The highest BCUT2D eigenvalue weighted by Crippen LogP contribution is 2.26. The van der Waals surface area contributed by atoms with Gasteiger partial charge in [-0.3, -0.25) is 0 Å². The van der Waals surface area contributed by atoms with Gasteiger partial charge in [0.2, 0.25) is 0 Å². The molecular formula is C9H12BrNO2. The van der Waals surface area contributed by atoms with Crippen molar-refractivity contribution in [2.75, 3.05) is 7.11 Å². The van der Waals surface area contributed by atoms with Crippen molar-refractivity contribution in [3.8, 4) is 0 Å². The summed E-state index contributed by atoms with van der Waals surface area (Å²) in [6.45, 7) is 3.84. The van der Waals surface area contributed by atoms with E-state index in [1.807, 2.05) is 25.5 Å². The Morgan fingerprint density at radius 3 is 2.31 bits per heavy atom. The van der Waals surface area contributed by atoms with E-state index in [1.165, 1.54) is 7.11 Å². The smallest absolute Gasteiger partial charge is 0.354 e. The predicted molar refractivity (Wildman–Crippen MR) is 53.9 cm³/mol. The molecule has 0 spiro atoms. The Balaban J connectivity index is 3.37. The molecule has 0 bridgehead atoms. The van der Waals surface area contributed by atoms with Crippen LogP contribution in [0, 0.1) is 13.8 Å². The first-order valence-corrected chi connectivity index (χ1v) is 4.69. The van der Waals surface area contributed by atoms with Gasteiger partial charge in [0.25, 0.3) is 0 Å². The van der Waals surface area contributed by atoms with Gasteiger partial charge in [0.05, 0.1) is 7.11 Å². The molecule has 1 heterocycles. The molecule has 0 N–H and O–H groups in total. The molecule has 1 aromatic rings. The molecule has 1 rings (SSSR count).